The van der Waals surface area contributed by atoms with Crippen molar-refractivity contribution in [3.05, 3.63) is 188 Å². The van der Waals surface area contributed by atoms with Crippen molar-refractivity contribution < 1.29 is 4.42 Å². The van der Waals surface area contributed by atoms with Gasteiger partial charge in [-0.1, -0.05) is 158 Å². The van der Waals surface area contributed by atoms with Gasteiger partial charge in [0.25, 0.3) is 0 Å². The van der Waals surface area contributed by atoms with E-state index in [4.69, 9.17) is 19.4 Å². The van der Waals surface area contributed by atoms with Gasteiger partial charge in [0.15, 0.2) is 17.5 Å². The summed E-state index contributed by atoms with van der Waals surface area (Å²) < 4.78 is 9.04. The minimum absolute atomic E-state index is 0.598. The highest BCUT2D eigenvalue weighted by molar-refractivity contribution is 7.26. The van der Waals surface area contributed by atoms with Gasteiger partial charge >= 0.3 is 0 Å². The summed E-state index contributed by atoms with van der Waals surface area (Å²) in [7, 11) is 0. The van der Waals surface area contributed by atoms with E-state index in [0.29, 0.717) is 17.5 Å². The fourth-order valence-corrected chi connectivity index (χ4v) is 9.01. The average Bonchev–Trinajstić information content (AvgIpc) is 3.85. The van der Waals surface area contributed by atoms with Crippen molar-refractivity contribution in [2.45, 2.75) is 0 Å². The molecule has 0 radical (unpaired) electrons. The van der Waals surface area contributed by atoms with E-state index in [1.54, 1.807) is 0 Å². The second-order valence-electron chi connectivity index (χ2n) is 14.0. The first-order chi connectivity index (χ1) is 27.7. The van der Waals surface area contributed by atoms with Crippen LogP contribution in [0.25, 0.3) is 110 Å². The smallest absolute Gasteiger partial charge is 0.164 e. The Kier molecular flexibility index (Phi) is 7.64. The fourth-order valence-electron chi connectivity index (χ4n) is 7.84. The first-order valence-electron chi connectivity index (χ1n) is 18.7. The molecule has 0 fully saturated rings. The van der Waals surface area contributed by atoms with Crippen molar-refractivity contribution in [3.63, 3.8) is 0 Å². The predicted octanol–water partition coefficient (Wildman–Crippen LogP) is 14.1. The third-order valence-electron chi connectivity index (χ3n) is 10.6. The molecule has 0 unspecified atom stereocenters. The Balaban J connectivity index is 1.04. The third kappa shape index (κ3) is 5.56. The van der Waals surface area contributed by atoms with Crippen LogP contribution in [-0.2, 0) is 0 Å². The molecule has 0 bridgehead atoms. The summed E-state index contributed by atoms with van der Waals surface area (Å²) in [6.45, 7) is 0. The predicted molar refractivity (Wildman–Crippen MR) is 233 cm³/mol. The van der Waals surface area contributed by atoms with Crippen molar-refractivity contribution in [1.29, 1.82) is 0 Å². The van der Waals surface area contributed by atoms with Gasteiger partial charge in [-0.2, -0.15) is 0 Å². The first kappa shape index (κ1) is 32.2. The highest BCUT2D eigenvalue weighted by Crippen LogP contribution is 2.43. The van der Waals surface area contributed by atoms with Gasteiger partial charge in [0.1, 0.15) is 11.2 Å². The lowest BCUT2D eigenvalue weighted by Crippen LogP contribution is -2.00. The van der Waals surface area contributed by atoms with Crippen molar-refractivity contribution >= 4 is 53.4 Å². The maximum atomic E-state index is 6.49. The Morgan fingerprint density at radius 3 is 1.62 bits per heavy atom. The van der Waals surface area contributed by atoms with Gasteiger partial charge < -0.3 is 4.42 Å². The molecule has 0 amide bonds. The van der Waals surface area contributed by atoms with E-state index in [-0.39, 0.29) is 0 Å². The minimum atomic E-state index is 0.598. The van der Waals surface area contributed by atoms with Gasteiger partial charge in [0.05, 0.1) is 0 Å². The van der Waals surface area contributed by atoms with Crippen molar-refractivity contribution in [2.24, 2.45) is 0 Å². The summed E-state index contributed by atoms with van der Waals surface area (Å²) in [6, 6.07) is 65.7. The Morgan fingerprint density at radius 1 is 0.321 bits per heavy atom. The lowest BCUT2D eigenvalue weighted by molar-refractivity contribution is 0.669. The highest BCUT2D eigenvalue weighted by Gasteiger charge is 2.19. The zero-order chi connectivity index (χ0) is 37.0. The Hall–Kier alpha value is -7.21. The van der Waals surface area contributed by atoms with Gasteiger partial charge in [-0.25, -0.2) is 15.0 Å². The number of rotatable bonds is 6. The summed E-state index contributed by atoms with van der Waals surface area (Å²) in [6.07, 6.45) is 0. The van der Waals surface area contributed by atoms with Crippen LogP contribution in [0.3, 0.4) is 0 Å². The van der Waals surface area contributed by atoms with Gasteiger partial charge in [-0.05, 0) is 63.7 Å². The molecule has 262 valence electrons. The molecule has 3 heterocycles. The quantitative estimate of drug-likeness (QED) is 0.171. The normalized spacial score (nSPS) is 11.6. The SMILES string of the molecule is c1ccc(-c2ccc(-c3nc(-c4ccccc4)nc(-c4cccc5oc6ccc(-c7ccc8c(c7)sc7cccc(-c9ccccc9)c78)cc6c45)n3)cc2)cc1. The first-order valence-corrected chi connectivity index (χ1v) is 19.5. The van der Waals surface area contributed by atoms with Crippen LogP contribution >= 0.6 is 11.3 Å². The molecule has 11 rings (SSSR count). The molecule has 0 aliphatic heterocycles. The number of fused-ring (bicyclic) bond motifs is 6. The van der Waals surface area contributed by atoms with Crippen LogP contribution in [0.2, 0.25) is 0 Å². The van der Waals surface area contributed by atoms with E-state index in [9.17, 15) is 0 Å². The van der Waals surface area contributed by atoms with Crippen LogP contribution in [0.1, 0.15) is 0 Å². The maximum absolute atomic E-state index is 6.49. The van der Waals surface area contributed by atoms with Crippen LogP contribution in [0.4, 0.5) is 0 Å². The molecular weight excluding hydrogens is 703 g/mol. The molecule has 0 aliphatic rings. The maximum Gasteiger partial charge on any atom is 0.164 e. The lowest BCUT2D eigenvalue weighted by atomic mass is 9.97. The van der Waals surface area contributed by atoms with Crippen LogP contribution in [0.15, 0.2) is 192 Å². The zero-order valence-electron chi connectivity index (χ0n) is 30.1. The summed E-state index contributed by atoms with van der Waals surface area (Å²) in [4.78, 5) is 15.2. The number of benzene rings is 8. The number of thiophene rings is 1. The van der Waals surface area contributed by atoms with Crippen molar-refractivity contribution in [3.8, 4) is 67.5 Å². The molecule has 0 spiro atoms. The van der Waals surface area contributed by atoms with Crippen LogP contribution in [-0.4, -0.2) is 15.0 Å². The van der Waals surface area contributed by atoms with E-state index in [1.807, 2.05) is 59.9 Å². The molecule has 0 N–H and O–H groups in total. The third-order valence-corrected chi connectivity index (χ3v) is 11.7. The lowest BCUT2D eigenvalue weighted by Gasteiger charge is -2.10. The summed E-state index contributed by atoms with van der Waals surface area (Å²) in [5.41, 5.74) is 11.4. The van der Waals surface area contributed by atoms with Gasteiger partial charge in [-0.3, -0.25) is 0 Å². The molecule has 5 heteroatoms. The average molecular weight is 734 g/mol. The van der Waals surface area contributed by atoms with Crippen LogP contribution < -0.4 is 0 Å². The zero-order valence-corrected chi connectivity index (χ0v) is 30.9. The van der Waals surface area contributed by atoms with E-state index < -0.39 is 0 Å². The van der Waals surface area contributed by atoms with Gasteiger partial charge in [0, 0.05) is 47.6 Å². The van der Waals surface area contributed by atoms with Crippen LogP contribution in [0, 0.1) is 0 Å². The minimum Gasteiger partial charge on any atom is -0.456 e. The highest BCUT2D eigenvalue weighted by atomic mass is 32.1. The number of nitrogens with zero attached hydrogens (tertiary/aromatic N) is 3. The standard InChI is InChI=1S/C51H31N3OS/c1-4-12-32(13-5-1)33-22-24-36(25-23-33)50-52-49(35-16-8-3-9-17-35)53-51(54-50)41-19-10-20-44-47(41)42-30-37(27-29-43(42)55-44)38-26-28-40-46(31-38)56-45-21-11-18-39(48(40)45)34-14-6-2-7-15-34/h1-31H. The summed E-state index contributed by atoms with van der Waals surface area (Å²) >= 11 is 1.84. The topological polar surface area (TPSA) is 51.8 Å². The summed E-state index contributed by atoms with van der Waals surface area (Å²) in [5, 5.41) is 4.59. The molecule has 4 nitrogen and oxygen atoms in total. The number of aromatic nitrogens is 3. The molecule has 0 saturated carbocycles. The monoisotopic (exact) mass is 733 g/mol. The Labute approximate surface area is 327 Å². The van der Waals surface area contributed by atoms with E-state index in [2.05, 4.69) is 140 Å². The van der Waals surface area contributed by atoms with E-state index >= 15 is 0 Å². The Morgan fingerprint density at radius 2 is 0.875 bits per heavy atom. The molecule has 3 aromatic heterocycles. The number of furan rings is 1. The molecule has 8 aromatic carbocycles. The van der Waals surface area contributed by atoms with Gasteiger partial charge in [-0.15, -0.1) is 11.3 Å². The fraction of sp³-hybridized carbons (Fsp3) is 0. The molecule has 11 aromatic rings. The van der Waals surface area contributed by atoms with Gasteiger partial charge in [0.2, 0.25) is 0 Å². The second-order valence-corrected chi connectivity index (χ2v) is 15.0. The van der Waals surface area contributed by atoms with Crippen molar-refractivity contribution in [2.75, 3.05) is 0 Å². The van der Waals surface area contributed by atoms with Crippen molar-refractivity contribution in [1.82, 2.24) is 15.0 Å². The molecule has 0 atom stereocenters. The molecule has 56 heavy (non-hydrogen) atoms. The van der Waals surface area contributed by atoms with E-state index in [0.717, 1.165) is 55.3 Å². The Bertz CT molecular complexity index is 3230. The summed E-state index contributed by atoms with van der Waals surface area (Å²) in [5.74, 6) is 1.84. The second kappa shape index (κ2) is 13.3. The number of hydrogen-bond acceptors (Lipinski definition) is 5. The van der Waals surface area contributed by atoms with E-state index in [1.165, 1.54) is 36.9 Å². The van der Waals surface area contributed by atoms with Crippen LogP contribution in [0.5, 0.6) is 0 Å². The number of hydrogen-bond donors (Lipinski definition) is 0. The molecule has 0 aliphatic carbocycles. The molecular formula is C51H31N3OS. The largest absolute Gasteiger partial charge is 0.456 e. The molecule has 0 saturated heterocycles.